The van der Waals surface area contributed by atoms with E-state index in [1.165, 1.54) is 0 Å². The van der Waals surface area contributed by atoms with Crippen molar-refractivity contribution in [2.45, 2.75) is 0 Å². The topological polar surface area (TPSA) is 74.7 Å². The number of anilines is 3. The molecule has 17 heavy (non-hydrogen) atoms. The fraction of sp³-hybridized carbons (Fsp3) is 0. The van der Waals surface area contributed by atoms with Crippen molar-refractivity contribution in [2.75, 3.05) is 11.1 Å². The molecule has 0 saturated carbocycles. The molecule has 2 rings (SSSR count). The molecule has 84 valence electrons. The van der Waals surface area contributed by atoms with Crippen molar-refractivity contribution in [3.63, 3.8) is 0 Å². The number of nitrogens with one attached hydrogen (secondary N) is 1. The summed E-state index contributed by atoms with van der Waals surface area (Å²) in [5.41, 5.74) is 6.87. The van der Waals surface area contributed by atoms with Gasteiger partial charge in [-0.1, -0.05) is 23.7 Å². The van der Waals surface area contributed by atoms with E-state index in [1.54, 1.807) is 18.2 Å². The third-order valence-corrected chi connectivity index (χ3v) is 2.50. The molecule has 0 bridgehead atoms. The number of nitriles is 1. The zero-order chi connectivity index (χ0) is 12.3. The smallest absolute Gasteiger partial charge is 0.165 e. The van der Waals surface area contributed by atoms with Crippen LogP contribution in [0.2, 0.25) is 5.02 Å². The van der Waals surface area contributed by atoms with E-state index in [-0.39, 0.29) is 5.69 Å². The van der Waals surface area contributed by atoms with Gasteiger partial charge in [-0.2, -0.15) is 5.26 Å². The van der Waals surface area contributed by atoms with Crippen molar-refractivity contribution in [2.24, 2.45) is 0 Å². The van der Waals surface area contributed by atoms with E-state index < -0.39 is 0 Å². The second-order valence-corrected chi connectivity index (χ2v) is 3.76. The molecule has 4 nitrogen and oxygen atoms in total. The van der Waals surface area contributed by atoms with Gasteiger partial charge in [0.05, 0.1) is 16.4 Å². The number of benzene rings is 1. The molecule has 0 spiro atoms. The SMILES string of the molecule is N#Cc1nc(Nc2ccccc2Cl)ccc1N. The molecule has 0 atom stereocenters. The summed E-state index contributed by atoms with van der Waals surface area (Å²) >= 11 is 6.00. The standard InChI is InChI=1S/C12H9ClN4/c13-8-3-1-2-4-10(8)16-12-6-5-9(15)11(7-14)17-12/h1-6H,15H2,(H,16,17). The molecule has 2 aromatic rings. The second kappa shape index (κ2) is 4.73. The number of halogens is 1. The number of nitrogen functional groups attached to an aromatic ring is 1. The first kappa shape index (κ1) is 11.2. The zero-order valence-corrected chi connectivity index (χ0v) is 9.57. The normalized spacial score (nSPS) is 9.65. The van der Waals surface area contributed by atoms with Crippen LogP contribution in [-0.2, 0) is 0 Å². The minimum atomic E-state index is 0.196. The summed E-state index contributed by atoms with van der Waals surface area (Å²) in [6.45, 7) is 0. The van der Waals surface area contributed by atoms with Crippen LogP contribution in [0.25, 0.3) is 0 Å². The average Bonchev–Trinajstić information content (AvgIpc) is 2.34. The first-order chi connectivity index (χ1) is 8.20. The second-order valence-electron chi connectivity index (χ2n) is 3.35. The van der Waals surface area contributed by atoms with Crippen LogP contribution in [0.4, 0.5) is 17.2 Å². The molecule has 5 heteroatoms. The summed E-state index contributed by atoms with van der Waals surface area (Å²) in [6.07, 6.45) is 0. The monoisotopic (exact) mass is 244 g/mol. The van der Waals surface area contributed by atoms with E-state index in [1.807, 2.05) is 24.3 Å². The summed E-state index contributed by atoms with van der Waals surface area (Å²) < 4.78 is 0. The van der Waals surface area contributed by atoms with E-state index in [0.717, 1.165) is 5.69 Å². The summed E-state index contributed by atoms with van der Waals surface area (Å²) in [5, 5.41) is 12.4. The Morgan fingerprint density at radius 3 is 2.71 bits per heavy atom. The fourth-order valence-corrected chi connectivity index (χ4v) is 1.51. The highest BCUT2D eigenvalue weighted by atomic mass is 35.5. The van der Waals surface area contributed by atoms with Gasteiger partial charge in [0.1, 0.15) is 11.9 Å². The van der Waals surface area contributed by atoms with E-state index in [9.17, 15) is 0 Å². The highest BCUT2D eigenvalue weighted by Crippen LogP contribution is 2.24. The molecule has 1 heterocycles. The van der Waals surface area contributed by atoms with Crippen molar-refractivity contribution in [3.05, 3.63) is 47.1 Å². The maximum absolute atomic E-state index is 8.82. The highest BCUT2D eigenvalue weighted by Gasteiger charge is 2.04. The van der Waals surface area contributed by atoms with E-state index in [4.69, 9.17) is 22.6 Å². The Hall–Kier alpha value is -2.25. The number of pyridine rings is 1. The molecule has 1 aromatic carbocycles. The summed E-state index contributed by atoms with van der Waals surface area (Å²) in [7, 11) is 0. The third-order valence-electron chi connectivity index (χ3n) is 2.17. The zero-order valence-electron chi connectivity index (χ0n) is 8.81. The van der Waals surface area contributed by atoms with Crippen molar-refractivity contribution >= 4 is 28.8 Å². The Bertz CT molecular complexity index is 589. The van der Waals surface area contributed by atoms with Crippen LogP contribution in [0.5, 0.6) is 0 Å². The van der Waals surface area contributed by atoms with Crippen molar-refractivity contribution in [3.8, 4) is 6.07 Å². The maximum Gasteiger partial charge on any atom is 0.165 e. The number of para-hydroxylation sites is 1. The third kappa shape index (κ3) is 2.47. The molecule has 0 aliphatic rings. The molecule has 0 amide bonds. The molecule has 0 saturated heterocycles. The van der Waals surface area contributed by atoms with Crippen LogP contribution in [0.15, 0.2) is 36.4 Å². The van der Waals surface area contributed by atoms with Crippen LogP contribution < -0.4 is 11.1 Å². The molecular formula is C12H9ClN4. The van der Waals surface area contributed by atoms with Crippen LogP contribution in [0, 0.1) is 11.3 Å². The Kier molecular flexibility index (Phi) is 3.12. The van der Waals surface area contributed by atoms with Crippen LogP contribution in [0.3, 0.4) is 0 Å². The summed E-state index contributed by atoms with van der Waals surface area (Å²) in [5.74, 6) is 0.531. The van der Waals surface area contributed by atoms with Gasteiger partial charge < -0.3 is 11.1 Å². The minimum absolute atomic E-state index is 0.196. The van der Waals surface area contributed by atoms with Crippen LogP contribution in [-0.4, -0.2) is 4.98 Å². The number of nitrogens with zero attached hydrogens (tertiary/aromatic N) is 2. The largest absolute Gasteiger partial charge is 0.396 e. The minimum Gasteiger partial charge on any atom is -0.396 e. The number of nitrogens with two attached hydrogens (primary N) is 1. The fourth-order valence-electron chi connectivity index (χ4n) is 1.33. The van der Waals surface area contributed by atoms with E-state index in [0.29, 0.717) is 16.5 Å². The Labute approximate surface area is 104 Å². The quantitative estimate of drug-likeness (QED) is 0.852. The van der Waals surface area contributed by atoms with Crippen molar-refractivity contribution < 1.29 is 0 Å². The lowest BCUT2D eigenvalue weighted by Gasteiger charge is -2.07. The predicted molar refractivity (Wildman–Crippen MR) is 68.1 cm³/mol. The van der Waals surface area contributed by atoms with Crippen molar-refractivity contribution in [1.82, 2.24) is 4.98 Å². The lowest BCUT2D eigenvalue weighted by Crippen LogP contribution is -1.99. The number of aromatic nitrogens is 1. The van der Waals surface area contributed by atoms with Gasteiger partial charge in [0, 0.05) is 0 Å². The summed E-state index contributed by atoms with van der Waals surface area (Å²) in [6, 6.07) is 12.5. The first-order valence-electron chi connectivity index (χ1n) is 4.89. The van der Waals surface area contributed by atoms with Gasteiger partial charge in [0.2, 0.25) is 0 Å². The van der Waals surface area contributed by atoms with Crippen LogP contribution in [0.1, 0.15) is 5.69 Å². The Morgan fingerprint density at radius 2 is 2.00 bits per heavy atom. The first-order valence-corrected chi connectivity index (χ1v) is 5.26. The molecule has 0 aliphatic carbocycles. The van der Waals surface area contributed by atoms with Gasteiger partial charge >= 0.3 is 0 Å². The average molecular weight is 245 g/mol. The Balaban J connectivity index is 2.32. The van der Waals surface area contributed by atoms with Gasteiger partial charge in [-0.3, -0.25) is 0 Å². The maximum atomic E-state index is 8.82. The number of rotatable bonds is 2. The molecule has 0 radical (unpaired) electrons. The van der Waals surface area contributed by atoms with Gasteiger partial charge in [0.15, 0.2) is 5.69 Å². The van der Waals surface area contributed by atoms with Gasteiger partial charge in [-0.15, -0.1) is 0 Å². The highest BCUT2D eigenvalue weighted by molar-refractivity contribution is 6.33. The summed E-state index contributed by atoms with van der Waals surface area (Å²) in [4.78, 5) is 4.07. The molecule has 1 aromatic heterocycles. The number of hydrogen-bond donors (Lipinski definition) is 2. The van der Waals surface area contributed by atoms with Gasteiger partial charge in [-0.25, -0.2) is 4.98 Å². The predicted octanol–water partition coefficient (Wildman–Crippen LogP) is 2.93. The lowest BCUT2D eigenvalue weighted by atomic mass is 10.3. The molecule has 0 unspecified atom stereocenters. The lowest BCUT2D eigenvalue weighted by molar-refractivity contribution is 1.26. The van der Waals surface area contributed by atoms with Crippen molar-refractivity contribution in [1.29, 1.82) is 5.26 Å². The van der Waals surface area contributed by atoms with Gasteiger partial charge in [0.25, 0.3) is 0 Å². The molecular weight excluding hydrogens is 236 g/mol. The number of hydrogen-bond acceptors (Lipinski definition) is 4. The molecule has 0 aliphatic heterocycles. The van der Waals surface area contributed by atoms with Crippen LogP contribution >= 0.6 is 11.6 Å². The van der Waals surface area contributed by atoms with E-state index in [2.05, 4.69) is 10.3 Å². The van der Waals surface area contributed by atoms with E-state index >= 15 is 0 Å². The molecule has 0 fully saturated rings. The molecule has 3 N–H and O–H groups in total. The van der Waals surface area contributed by atoms with Gasteiger partial charge in [-0.05, 0) is 24.3 Å². The Morgan fingerprint density at radius 1 is 1.24 bits per heavy atom.